The van der Waals surface area contributed by atoms with Crippen LogP contribution in [0, 0.1) is 0 Å². The van der Waals surface area contributed by atoms with Crippen LogP contribution in [0.5, 0.6) is 0 Å². The standard InChI is InChI=1S/C19H30N4O3S/c1-4-11-23(27(3,25)26)18-8-6-17(7-9-18)19(24)20-10-5-12-22-15-13-21(2)14-16-22/h4,6-9H,1,5,10-16H2,2-3H3,(H,20,24). The number of amides is 1. The molecular formula is C19H30N4O3S. The second-order valence-corrected chi connectivity index (χ2v) is 8.79. The highest BCUT2D eigenvalue weighted by Gasteiger charge is 2.16. The largest absolute Gasteiger partial charge is 0.352 e. The zero-order valence-corrected chi connectivity index (χ0v) is 17.0. The zero-order chi connectivity index (χ0) is 19.9. The van der Waals surface area contributed by atoms with Crippen LogP contribution in [0.1, 0.15) is 16.8 Å². The van der Waals surface area contributed by atoms with Gasteiger partial charge in [0.1, 0.15) is 0 Å². The summed E-state index contributed by atoms with van der Waals surface area (Å²) in [5, 5.41) is 2.93. The Bertz CT molecular complexity index is 726. The van der Waals surface area contributed by atoms with Crippen molar-refractivity contribution < 1.29 is 13.2 Å². The summed E-state index contributed by atoms with van der Waals surface area (Å²) in [7, 11) is -1.26. The molecule has 0 spiro atoms. The van der Waals surface area contributed by atoms with Crippen molar-refractivity contribution in [2.24, 2.45) is 0 Å². The third kappa shape index (κ3) is 6.64. The van der Waals surface area contributed by atoms with Crippen molar-refractivity contribution >= 4 is 21.6 Å². The van der Waals surface area contributed by atoms with Gasteiger partial charge in [-0.2, -0.15) is 0 Å². The van der Waals surface area contributed by atoms with Crippen LogP contribution < -0.4 is 9.62 Å². The van der Waals surface area contributed by atoms with Gasteiger partial charge in [-0.05, 0) is 44.3 Å². The number of carbonyl (C=O) groups is 1. The molecule has 1 aliphatic heterocycles. The van der Waals surface area contributed by atoms with Gasteiger partial charge in [-0.1, -0.05) is 6.08 Å². The molecule has 0 aromatic heterocycles. The Morgan fingerprint density at radius 3 is 2.41 bits per heavy atom. The Morgan fingerprint density at radius 2 is 1.85 bits per heavy atom. The molecule has 2 rings (SSSR count). The molecule has 0 atom stereocenters. The first kappa shape index (κ1) is 21.4. The fourth-order valence-corrected chi connectivity index (χ4v) is 3.89. The molecule has 27 heavy (non-hydrogen) atoms. The molecule has 8 heteroatoms. The summed E-state index contributed by atoms with van der Waals surface area (Å²) >= 11 is 0. The maximum atomic E-state index is 12.3. The minimum absolute atomic E-state index is 0.144. The van der Waals surface area contributed by atoms with Gasteiger partial charge in [-0.3, -0.25) is 9.10 Å². The number of likely N-dealkylation sites (N-methyl/N-ethyl adjacent to an activating group) is 1. The van der Waals surface area contributed by atoms with Crippen LogP contribution in [-0.4, -0.2) is 83.2 Å². The minimum Gasteiger partial charge on any atom is -0.352 e. The number of rotatable bonds is 9. The van der Waals surface area contributed by atoms with E-state index in [1.165, 1.54) is 10.4 Å². The average Bonchev–Trinajstić information content (AvgIpc) is 2.64. The normalized spacial score (nSPS) is 16.1. The lowest BCUT2D eigenvalue weighted by atomic mass is 10.2. The zero-order valence-electron chi connectivity index (χ0n) is 16.2. The van der Waals surface area contributed by atoms with Crippen LogP contribution in [0.15, 0.2) is 36.9 Å². The number of anilines is 1. The van der Waals surface area contributed by atoms with Crippen LogP contribution in [0.4, 0.5) is 5.69 Å². The molecule has 150 valence electrons. The smallest absolute Gasteiger partial charge is 0.251 e. The van der Waals surface area contributed by atoms with E-state index in [1.807, 2.05) is 0 Å². The highest BCUT2D eigenvalue weighted by Crippen LogP contribution is 2.18. The number of nitrogens with one attached hydrogen (secondary N) is 1. The Labute approximate surface area is 162 Å². The van der Waals surface area contributed by atoms with Crippen molar-refractivity contribution in [2.75, 3.05) is 63.4 Å². The van der Waals surface area contributed by atoms with Crippen molar-refractivity contribution in [1.29, 1.82) is 0 Å². The Kier molecular flexibility index (Phi) is 7.82. The molecule has 7 nitrogen and oxygen atoms in total. The number of carbonyl (C=O) groups excluding carboxylic acids is 1. The first-order chi connectivity index (χ1) is 12.8. The summed E-state index contributed by atoms with van der Waals surface area (Å²) in [6, 6.07) is 6.58. The molecule has 1 fully saturated rings. The quantitative estimate of drug-likeness (QED) is 0.500. The molecule has 0 aliphatic carbocycles. The predicted octanol–water partition coefficient (Wildman–Crippen LogP) is 1.01. The molecule has 0 unspecified atom stereocenters. The van der Waals surface area contributed by atoms with E-state index in [1.54, 1.807) is 24.3 Å². The Balaban J connectivity index is 1.82. The molecule has 1 N–H and O–H groups in total. The summed E-state index contributed by atoms with van der Waals surface area (Å²) in [5.74, 6) is -0.144. The van der Waals surface area contributed by atoms with Crippen molar-refractivity contribution in [3.8, 4) is 0 Å². The predicted molar refractivity (Wildman–Crippen MR) is 110 cm³/mol. The number of piperazine rings is 1. The van der Waals surface area contributed by atoms with Gasteiger partial charge in [0.25, 0.3) is 5.91 Å². The molecular weight excluding hydrogens is 364 g/mol. The third-order valence-corrected chi connectivity index (χ3v) is 5.81. The summed E-state index contributed by atoms with van der Waals surface area (Å²) in [5.41, 5.74) is 1.04. The van der Waals surface area contributed by atoms with Gasteiger partial charge in [-0.15, -0.1) is 6.58 Å². The number of hydrogen-bond donors (Lipinski definition) is 1. The number of sulfonamides is 1. The second-order valence-electron chi connectivity index (χ2n) is 6.88. The SMILES string of the molecule is C=CCN(c1ccc(C(=O)NCCCN2CCN(C)CC2)cc1)S(C)(=O)=O. The lowest BCUT2D eigenvalue weighted by Crippen LogP contribution is -2.45. The van der Waals surface area contributed by atoms with Crippen LogP contribution in [-0.2, 0) is 10.0 Å². The van der Waals surface area contributed by atoms with Crippen LogP contribution in [0.2, 0.25) is 0 Å². The van der Waals surface area contributed by atoms with Gasteiger partial charge >= 0.3 is 0 Å². The fraction of sp³-hybridized carbons (Fsp3) is 0.526. The molecule has 1 saturated heterocycles. The average molecular weight is 395 g/mol. The Hall–Kier alpha value is -1.90. The highest BCUT2D eigenvalue weighted by molar-refractivity contribution is 7.92. The van der Waals surface area contributed by atoms with Crippen LogP contribution in [0.25, 0.3) is 0 Å². The van der Waals surface area contributed by atoms with Gasteiger partial charge in [-0.25, -0.2) is 8.42 Å². The van der Waals surface area contributed by atoms with E-state index in [-0.39, 0.29) is 12.5 Å². The van der Waals surface area contributed by atoms with E-state index < -0.39 is 10.0 Å². The molecule has 1 amide bonds. The van der Waals surface area contributed by atoms with Crippen molar-refractivity contribution in [3.63, 3.8) is 0 Å². The van der Waals surface area contributed by atoms with Gasteiger partial charge in [0.2, 0.25) is 10.0 Å². The minimum atomic E-state index is -3.39. The monoisotopic (exact) mass is 394 g/mol. The Morgan fingerprint density at radius 1 is 1.22 bits per heavy atom. The fourth-order valence-electron chi connectivity index (χ4n) is 3.01. The van der Waals surface area contributed by atoms with E-state index in [4.69, 9.17) is 0 Å². The van der Waals surface area contributed by atoms with E-state index in [0.717, 1.165) is 45.4 Å². The van der Waals surface area contributed by atoms with Gasteiger partial charge in [0.15, 0.2) is 0 Å². The lowest BCUT2D eigenvalue weighted by molar-refractivity contribution is 0.0949. The van der Waals surface area contributed by atoms with Gasteiger partial charge in [0.05, 0.1) is 18.5 Å². The lowest BCUT2D eigenvalue weighted by Gasteiger charge is -2.32. The summed E-state index contributed by atoms with van der Waals surface area (Å²) in [6.45, 7) is 9.73. The topological polar surface area (TPSA) is 73.0 Å². The van der Waals surface area contributed by atoms with Crippen molar-refractivity contribution in [3.05, 3.63) is 42.5 Å². The number of nitrogens with zero attached hydrogens (tertiary/aromatic N) is 3. The van der Waals surface area contributed by atoms with Crippen LogP contribution in [0.3, 0.4) is 0 Å². The summed E-state index contributed by atoms with van der Waals surface area (Å²) < 4.78 is 25.0. The molecule has 1 aromatic carbocycles. The number of benzene rings is 1. The third-order valence-electron chi connectivity index (χ3n) is 4.65. The van der Waals surface area contributed by atoms with Crippen molar-refractivity contribution in [2.45, 2.75) is 6.42 Å². The van der Waals surface area contributed by atoms with Crippen LogP contribution >= 0.6 is 0 Å². The van der Waals surface area contributed by atoms with Gasteiger partial charge in [0, 0.05) is 38.3 Å². The second kappa shape index (κ2) is 9.87. The molecule has 0 radical (unpaired) electrons. The van der Waals surface area contributed by atoms with Gasteiger partial charge < -0.3 is 15.1 Å². The summed E-state index contributed by atoms with van der Waals surface area (Å²) in [4.78, 5) is 17.0. The molecule has 1 heterocycles. The molecule has 0 bridgehead atoms. The highest BCUT2D eigenvalue weighted by atomic mass is 32.2. The summed E-state index contributed by atoms with van der Waals surface area (Å²) in [6.07, 6.45) is 3.59. The van der Waals surface area contributed by atoms with E-state index in [2.05, 4.69) is 28.7 Å². The van der Waals surface area contributed by atoms with Crippen molar-refractivity contribution in [1.82, 2.24) is 15.1 Å². The van der Waals surface area contributed by atoms with E-state index >= 15 is 0 Å². The molecule has 1 aliphatic rings. The maximum Gasteiger partial charge on any atom is 0.251 e. The molecule has 1 aromatic rings. The number of hydrogen-bond acceptors (Lipinski definition) is 5. The first-order valence-corrected chi connectivity index (χ1v) is 11.0. The maximum absolute atomic E-state index is 12.3. The first-order valence-electron chi connectivity index (χ1n) is 9.19. The van der Waals surface area contributed by atoms with E-state index in [0.29, 0.717) is 17.8 Å². The van der Waals surface area contributed by atoms with E-state index in [9.17, 15) is 13.2 Å². The molecule has 0 saturated carbocycles.